The Balaban J connectivity index is 1.58. The number of hydrogen-bond donors (Lipinski definition) is 2. The fraction of sp³-hybridized carbons (Fsp3) is 0.381. The number of hydrogen-bond acceptors (Lipinski definition) is 4. The molecular weight excluding hydrogens is 420 g/mol. The van der Waals surface area contributed by atoms with Gasteiger partial charge in [0.1, 0.15) is 11.5 Å². The van der Waals surface area contributed by atoms with Crippen LogP contribution in [-0.2, 0) is 6.54 Å². The van der Waals surface area contributed by atoms with E-state index in [4.69, 9.17) is 9.47 Å². The number of guanidine groups is 1. The van der Waals surface area contributed by atoms with Gasteiger partial charge in [0.05, 0.1) is 19.9 Å². The van der Waals surface area contributed by atoms with Gasteiger partial charge in [0.2, 0.25) is 0 Å². The Morgan fingerprint density at radius 1 is 1.18 bits per heavy atom. The Morgan fingerprint density at radius 3 is 2.71 bits per heavy atom. The first-order valence-electron chi connectivity index (χ1n) is 9.32. The van der Waals surface area contributed by atoms with Crippen LogP contribution in [0.1, 0.15) is 12.0 Å². The van der Waals surface area contributed by atoms with Crippen LogP contribution in [0.5, 0.6) is 11.5 Å². The number of nitrogens with one attached hydrogen (secondary N) is 2. The Kier molecular flexibility index (Phi) is 7.03. The molecule has 6 nitrogen and oxygen atoms in total. The molecule has 1 heterocycles. The fourth-order valence-corrected chi connectivity index (χ4v) is 3.85. The van der Waals surface area contributed by atoms with Gasteiger partial charge in [0, 0.05) is 42.8 Å². The van der Waals surface area contributed by atoms with E-state index in [-0.39, 0.29) is 0 Å². The van der Waals surface area contributed by atoms with Gasteiger partial charge in [-0.25, -0.2) is 0 Å². The SMILES string of the molecule is CN=C(NCc1cc(Br)ccc1OC)NC1CCN(c2ccccc2OC)C1. The van der Waals surface area contributed by atoms with Crippen LogP contribution in [0.25, 0.3) is 0 Å². The highest BCUT2D eigenvalue weighted by Crippen LogP contribution is 2.30. The Hall–Kier alpha value is -2.41. The maximum absolute atomic E-state index is 5.50. The zero-order valence-corrected chi connectivity index (χ0v) is 18.1. The minimum absolute atomic E-state index is 0.320. The van der Waals surface area contributed by atoms with Crippen LogP contribution in [0, 0.1) is 0 Å². The molecule has 0 aromatic heterocycles. The van der Waals surface area contributed by atoms with Gasteiger partial charge in [-0.3, -0.25) is 4.99 Å². The predicted octanol–water partition coefficient (Wildman–Crippen LogP) is 3.41. The summed E-state index contributed by atoms with van der Waals surface area (Å²) in [6.07, 6.45) is 1.04. The van der Waals surface area contributed by atoms with Gasteiger partial charge in [-0.15, -0.1) is 0 Å². The van der Waals surface area contributed by atoms with Crippen molar-refractivity contribution in [1.82, 2.24) is 10.6 Å². The molecule has 2 aromatic carbocycles. The van der Waals surface area contributed by atoms with Crippen LogP contribution >= 0.6 is 15.9 Å². The number of ether oxygens (including phenoxy) is 2. The number of para-hydroxylation sites is 2. The Labute approximate surface area is 175 Å². The number of rotatable bonds is 6. The van der Waals surface area contributed by atoms with Gasteiger partial charge in [-0.2, -0.15) is 0 Å². The van der Waals surface area contributed by atoms with Crippen molar-refractivity contribution in [3.05, 3.63) is 52.5 Å². The van der Waals surface area contributed by atoms with Crippen molar-refractivity contribution in [3.8, 4) is 11.5 Å². The molecule has 7 heteroatoms. The standard InChI is InChI=1S/C21H27BrN4O2/c1-23-21(24-13-15-12-16(22)8-9-19(15)27-2)25-17-10-11-26(14-17)18-6-4-5-7-20(18)28-3/h4-9,12,17H,10-11,13-14H2,1-3H3,(H2,23,24,25). The summed E-state index contributed by atoms with van der Waals surface area (Å²) in [5, 5.41) is 6.92. The second-order valence-corrected chi connectivity index (χ2v) is 7.55. The largest absolute Gasteiger partial charge is 0.496 e. The first-order valence-corrected chi connectivity index (χ1v) is 10.1. The molecule has 0 aliphatic carbocycles. The summed E-state index contributed by atoms with van der Waals surface area (Å²) in [6, 6.07) is 14.5. The molecule has 0 spiro atoms. The summed E-state index contributed by atoms with van der Waals surface area (Å²) in [4.78, 5) is 6.72. The molecule has 0 bridgehead atoms. The predicted molar refractivity (Wildman–Crippen MR) is 118 cm³/mol. The van der Waals surface area contributed by atoms with Crippen molar-refractivity contribution >= 4 is 27.6 Å². The van der Waals surface area contributed by atoms with Gasteiger partial charge in [0.15, 0.2) is 5.96 Å². The van der Waals surface area contributed by atoms with Crippen LogP contribution in [0.3, 0.4) is 0 Å². The highest BCUT2D eigenvalue weighted by molar-refractivity contribution is 9.10. The third kappa shape index (κ3) is 4.90. The monoisotopic (exact) mass is 446 g/mol. The van der Waals surface area contributed by atoms with E-state index in [1.165, 1.54) is 0 Å². The molecule has 0 radical (unpaired) electrons. The second kappa shape index (κ2) is 9.68. The van der Waals surface area contributed by atoms with Crippen molar-refractivity contribution in [3.63, 3.8) is 0 Å². The van der Waals surface area contributed by atoms with E-state index in [0.717, 1.165) is 52.7 Å². The summed E-state index contributed by atoms with van der Waals surface area (Å²) in [5.74, 6) is 2.55. The van der Waals surface area contributed by atoms with E-state index in [1.54, 1.807) is 21.3 Å². The fourth-order valence-electron chi connectivity index (χ4n) is 3.44. The summed E-state index contributed by atoms with van der Waals surface area (Å²) in [6.45, 7) is 2.51. The summed E-state index contributed by atoms with van der Waals surface area (Å²) in [5.41, 5.74) is 2.21. The molecule has 1 aliphatic heterocycles. The highest BCUT2D eigenvalue weighted by Gasteiger charge is 2.25. The summed E-state index contributed by atoms with van der Waals surface area (Å²) >= 11 is 3.52. The molecule has 1 saturated heterocycles. The lowest BCUT2D eigenvalue weighted by Crippen LogP contribution is -2.44. The van der Waals surface area contributed by atoms with Crippen LogP contribution in [0.4, 0.5) is 5.69 Å². The third-order valence-electron chi connectivity index (χ3n) is 4.87. The van der Waals surface area contributed by atoms with Gasteiger partial charge < -0.3 is 25.0 Å². The lowest BCUT2D eigenvalue weighted by Gasteiger charge is -2.22. The highest BCUT2D eigenvalue weighted by atomic mass is 79.9. The second-order valence-electron chi connectivity index (χ2n) is 6.63. The van der Waals surface area contributed by atoms with Crippen LogP contribution < -0.4 is 25.0 Å². The molecule has 0 amide bonds. The maximum atomic E-state index is 5.50. The van der Waals surface area contributed by atoms with Crippen LogP contribution in [-0.4, -0.2) is 46.4 Å². The number of nitrogens with zero attached hydrogens (tertiary/aromatic N) is 2. The third-order valence-corrected chi connectivity index (χ3v) is 5.36. The van der Waals surface area contributed by atoms with E-state index < -0.39 is 0 Å². The average Bonchev–Trinajstić information content (AvgIpc) is 3.19. The molecule has 2 N–H and O–H groups in total. The Morgan fingerprint density at radius 2 is 1.96 bits per heavy atom. The lowest BCUT2D eigenvalue weighted by molar-refractivity contribution is 0.409. The normalized spacial score (nSPS) is 16.8. The molecule has 28 heavy (non-hydrogen) atoms. The van der Waals surface area contributed by atoms with E-state index in [1.807, 2.05) is 30.3 Å². The van der Waals surface area contributed by atoms with Crippen LogP contribution in [0.15, 0.2) is 51.9 Å². The number of halogens is 1. The molecule has 1 unspecified atom stereocenters. The van der Waals surface area contributed by atoms with Crippen molar-refractivity contribution < 1.29 is 9.47 Å². The van der Waals surface area contributed by atoms with Gasteiger partial charge in [0.25, 0.3) is 0 Å². The van der Waals surface area contributed by atoms with E-state index in [9.17, 15) is 0 Å². The molecule has 150 valence electrons. The molecule has 0 saturated carbocycles. The topological polar surface area (TPSA) is 58.1 Å². The minimum Gasteiger partial charge on any atom is -0.496 e. The number of aliphatic imine (C=N–C) groups is 1. The average molecular weight is 447 g/mol. The molecule has 3 rings (SSSR count). The van der Waals surface area contributed by atoms with Crippen molar-refractivity contribution in [2.75, 3.05) is 39.3 Å². The minimum atomic E-state index is 0.320. The zero-order valence-electron chi connectivity index (χ0n) is 16.5. The maximum Gasteiger partial charge on any atom is 0.191 e. The smallest absolute Gasteiger partial charge is 0.191 e. The summed E-state index contributed by atoms with van der Waals surface area (Å²) < 4.78 is 12.0. The lowest BCUT2D eigenvalue weighted by atomic mass is 10.2. The van der Waals surface area contributed by atoms with E-state index in [2.05, 4.69) is 48.6 Å². The Bertz CT molecular complexity index is 828. The van der Waals surface area contributed by atoms with E-state index in [0.29, 0.717) is 12.6 Å². The quantitative estimate of drug-likeness (QED) is 0.525. The van der Waals surface area contributed by atoms with E-state index >= 15 is 0 Å². The van der Waals surface area contributed by atoms with Crippen LogP contribution in [0.2, 0.25) is 0 Å². The zero-order chi connectivity index (χ0) is 19.9. The molecular formula is C21H27BrN4O2. The summed E-state index contributed by atoms with van der Waals surface area (Å²) in [7, 11) is 5.19. The van der Waals surface area contributed by atoms with Crippen molar-refractivity contribution in [2.45, 2.75) is 19.0 Å². The molecule has 1 atom stereocenters. The van der Waals surface area contributed by atoms with Gasteiger partial charge >= 0.3 is 0 Å². The molecule has 2 aromatic rings. The van der Waals surface area contributed by atoms with Gasteiger partial charge in [-0.1, -0.05) is 28.1 Å². The number of methoxy groups -OCH3 is 2. The first kappa shape index (κ1) is 20.3. The number of anilines is 1. The van der Waals surface area contributed by atoms with Crippen molar-refractivity contribution in [2.24, 2.45) is 4.99 Å². The molecule has 1 fully saturated rings. The molecule has 1 aliphatic rings. The first-order chi connectivity index (χ1) is 13.6. The van der Waals surface area contributed by atoms with Gasteiger partial charge in [-0.05, 0) is 36.8 Å². The van der Waals surface area contributed by atoms with Crippen molar-refractivity contribution in [1.29, 1.82) is 0 Å². The number of benzene rings is 2.